The Kier molecular flexibility index (Phi) is 5.46. The van der Waals surface area contributed by atoms with Crippen molar-refractivity contribution in [3.05, 3.63) is 42.5 Å². The van der Waals surface area contributed by atoms with Crippen LogP contribution < -0.4 is 10.1 Å². The van der Waals surface area contributed by atoms with Crippen LogP contribution in [0.1, 0.15) is 38.2 Å². The zero-order chi connectivity index (χ0) is 13.5. The van der Waals surface area contributed by atoms with E-state index >= 15 is 0 Å². The first kappa shape index (κ1) is 14.1. The molecule has 2 nitrogen and oxygen atoms in total. The molecule has 0 radical (unpaired) electrons. The second-order valence-corrected chi connectivity index (χ2v) is 5.55. The molecule has 1 saturated carbocycles. The monoisotopic (exact) mass is 259 g/mol. The molecule has 1 aromatic rings. The molecule has 0 unspecified atom stereocenters. The van der Waals surface area contributed by atoms with Gasteiger partial charge in [0.15, 0.2) is 0 Å². The van der Waals surface area contributed by atoms with E-state index in [2.05, 4.69) is 31.0 Å². The van der Waals surface area contributed by atoms with Crippen molar-refractivity contribution in [2.45, 2.75) is 45.2 Å². The van der Waals surface area contributed by atoms with Crippen LogP contribution in [-0.4, -0.2) is 12.6 Å². The first-order valence-electron chi connectivity index (χ1n) is 7.34. The van der Waals surface area contributed by atoms with Crippen molar-refractivity contribution in [3.63, 3.8) is 0 Å². The van der Waals surface area contributed by atoms with Crippen LogP contribution in [0.2, 0.25) is 0 Å². The Balaban J connectivity index is 1.86. The minimum Gasteiger partial charge on any atom is -0.489 e. The van der Waals surface area contributed by atoms with E-state index in [0.717, 1.165) is 18.2 Å². The molecule has 1 aliphatic carbocycles. The molecule has 2 heteroatoms. The topological polar surface area (TPSA) is 21.3 Å². The summed E-state index contributed by atoms with van der Waals surface area (Å²) in [6.07, 6.45) is 7.10. The summed E-state index contributed by atoms with van der Waals surface area (Å²) < 4.78 is 5.69. The quantitative estimate of drug-likeness (QED) is 0.782. The molecule has 0 atom stereocenters. The molecule has 0 heterocycles. The maximum absolute atomic E-state index is 5.69. The summed E-state index contributed by atoms with van der Waals surface area (Å²) in [5.74, 6) is 1.88. The standard InChI is InChI=1S/C17H25NO/c1-3-12-19-17-7-5-4-6-15(17)13-18-16-10-8-14(2)9-11-16/h3-7,14,16,18H,1,8-13H2,2H3. The van der Waals surface area contributed by atoms with E-state index in [1.165, 1.54) is 31.2 Å². The fourth-order valence-electron chi connectivity index (χ4n) is 2.66. The smallest absolute Gasteiger partial charge is 0.124 e. The lowest BCUT2D eigenvalue weighted by Gasteiger charge is -2.27. The first-order valence-corrected chi connectivity index (χ1v) is 7.34. The van der Waals surface area contributed by atoms with Gasteiger partial charge in [-0.25, -0.2) is 0 Å². The fraction of sp³-hybridized carbons (Fsp3) is 0.529. The summed E-state index contributed by atoms with van der Waals surface area (Å²) in [6.45, 7) is 7.51. The third-order valence-corrected chi connectivity index (χ3v) is 3.93. The highest BCUT2D eigenvalue weighted by molar-refractivity contribution is 5.33. The molecule has 1 aliphatic rings. The number of benzene rings is 1. The lowest BCUT2D eigenvalue weighted by Crippen LogP contribution is -2.32. The van der Waals surface area contributed by atoms with Gasteiger partial charge in [0, 0.05) is 18.2 Å². The molecule has 0 amide bonds. The molecule has 1 N–H and O–H groups in total. The zero-order valence-electron chi connectivity index (χ0n) is 11.9. The van der Waals surface area contributed by atoms with E-state index in [1.807, 2.05) is 12.1 Å². The molecular formula is C17H25NO. The van der Waals surface area contributed by atoms with Crippen molar-refractivity contribution < 1.29 is 4.74 Å². The summed E-state index contributed by atoms with van der Waals surface area (Å²) in [5.41, 5.74) is 1.24. The predicted octanol–water partition coefficient (Wildman–Crippen LogP) is 3.92. The number of hydrogen-bond acceptors (Lipinski definition) is 2. The molecule has 2 rings (SSSR count). The van der Waals surface area contributed by atoms with Crippen molar-refractivity contribution >= 4 is 0 Å². The van der Waals surface area contributed by atoms with Crippen LogP contribution in [-0.2, 0) is 6.54 Å². The Morgan fingerprint density at radius 2 is 2.00 bits per heavy atom. The number of ether oxygens (including phenoxy) is 1. The van der Waals surface area contributed by atoms with Gasteiger partial charge in [0.2, 0.25) is 0 Å². The summed E-state index contributed by atoms with van der Waals surface area (Å²) >= 11 is 0. The van der Waals surface area contributed by atoms with E-state index in [9.17, 15) is 0 Å². The average molecular weight is 259 g/mol. The largest absolute Gasteiger partial charge is 0.489 e. The lowest BCUT2D eigenvalue weighted by atomic mass is 9.87. The number of para-hydroxylation sites is 1. The molecule has 0 spiro atoms. The number of rotatable bonds is 6. The van der Waals surface area contributed by atoms with E-state index in [0.29, 0.717) is 12.6 Å². The van der Waals surface area contributed by atoms with Crippen LogP contribution in [0, 0.1) is 5.92 Å². The molecule has 19 heavy (non-hydrogen) atoms. The van der Waals surface area contributed by atoms with Gasteiger partial charge in [-0.1, -0.05) is 37.8 Å². The minimum atomic E-state index is 0.567. The van der Waals surface area contributed by atoms with Gasteiger partial charge < -0.3 is 10.1 Å². The summed E-state index contributed by atoms with van der Waals surface area (Å²) in [6, 6.07) is 8.93. The normalized spacial score (nSPS) is 23.0. The molecule has 1 aromatic carbocycles. The average Bonchev–Trinajstić information content (AvgIpc) is 2.45. The van der Waals surface area contributed by atoms with E-state index < -0.39 is 0 Å². The number of hydrogen-bond donors (Lipinski definition) is 1. The highest BCUT2D eigenvalue weighted by Gasteiger charge is 2.17. The molecule has 0 saturated heterocycles. The first-order chi connectivity index (χ1) is 9.29. The molecule has 104 valence electrons. The Morgan fingerprint density at radius 1 is 1.26 bits per heavy atom. The van der Waals surface area contributed by atoms with Gasteiger partial charge in [0.05, 0.1) is 0 Å². The van der Waals surface area contributed by atoms with Gasteiger partial charge in [-0.3, -0.25) is 0 Å². The molecular weight excluding hydrogens is 234 g/mol. The van der Waals surface area contributed by atoms with Crippen LogP contribution in [0.5, 0.6) is 5.75 Å². The SMILES string of the molecule is C=CCOc1ccccc1CNC1CCC(C)CC1. The Hall–Kier alpha value is -1.28. The Morgan fingerprint density at radius 3 is 2.74 bits per heavy atom. The molecule has 0 aliphatic heterocycles. The zero-order valence-corrected chi connectivity index (χ0v) is 11.9. The molecule has 1 fully saturated rings. The molecule has 0 aromatic heterocycles. The summed E-state index contributed by atoms with van der Waals surface area (Å²) in [7, 11) is 0. The van der Waals surface area contributed by atoms with E-state index in [1.54, 1.807) is 6.08 Å². The van der Waals surface area contributed by atoms with Crippen LogP contribution in [0.15, 0.2) is 36.9 Å². The maximum Gasteiger partial charge on any atom is 0.124 e. The summed E-state index contributed by atoms with van der Waals surface area (Å²) in [4.78, 5) is 0. The van der Waals surface area contributed by atoms with Gasteiger partial charge in [-0.05, 0) is 37.7 Å². The van der Waals surface area contributed by atoms with Gasteiger partial charge in [-0.2, -0.15) is 0 Å². The maximum atomic E-state index is 5.69. The molecule has 0 bridgehead atoms. The van der Waals surface area contributed by atoms with Gasteiger partial charge in [0.25, 0.3) is 0 Å². The van der Waals surface area contributed by atoms with E-state index in [-0.39, 0.29) is 0 Å². The third kappa shape index (κ3) is 4.39. The summed E-state index contributed by atoms with van der Waals surface area (Å²) in [5, 5.41) is 3.67. The van der Waals surface area contributed by atoms with Crippen molar-refractivity contribution in [1.82, 2.24) is 5.32 Å². The van der Waals surface area contributed by atoms with Crippen molar-refractivity contribution in [2.75, 3.05) is 6.61 Å². The van der Waals surface area contributed by atoms with Crippen molar-refractivity contribution in [3.8, 4) is 5.75 Å². The van der Waals surface area contributed by atoms with Gasteiger partial charge in [0.1, 0.15) is 12.4 Å². The predicted molar refractivity (Wildman–Crippen MR) is 80.4 cm³/mol. The van der Waals surface area contributed by atoms with Crippen LogP contribution in [0.3, 0.4) is 0 Å². The number of nitrogens with one attached hydrogen (secondary N) is 1. The van der Waals surface area contributed by atoms with Crippen molar-refractivity contribution in [2.24, 2.45) is 5.92 Å². The Labute approximate surface area is 116 Å². The highest BCUT2D eigenvalue weighted by atomic mass is 16.5. The van der Waals surface area contributed by atoms with E-state index in [4.69, 9.17) is 4.74 Å². The van der Waals surface area contributed by atoms with Crippen LogP contribution in [0.25, 0.3) is 0 Å². The Bertz CT molecular complexity index is 394. The van der Waals surface area contributed by atoms with Crippen LogP contribution in [0.4, 0.5) is 0 Å². The van der Waals surface area contributed by atoms with Gasteiger partial charge >= 0.3 is 0 Å². The minimum absolute atomic E-state index is 0.567. The van der Waals surface area contributed by atoms with Crippen molar-refractivity contribution in [1.29, 1.82) is 0 Å². The second kappa shape index (κ2) is 7.34. The second-order valence-electron chi connectivity index (χ2n) is 5.55. The lowest BCUT2D eigenvalue weighted by molar-refractivity contribution is 0.303. The van der Waals surface area contributed by atoms with Gasteiger partial charge in [-0.15, -0.1) is 0 Å². The van der Waals surface area contributed by atoms with Crippen LogP contribution >= 0.6 is 0 Å². The third-order valence-electron chi connectivity index (χ3n) is 3.93. The highest BCUT2D eigenvalue weighted by Crippen LogP contribution is 2.24. The fourth-order valence-corrected chi connectivity index (χ4v) is 2.66.